The van der Waals surface area contributed by atoms with Crippen LogP contribution in [-0.2, 0) is 0 Å². The first kappa shape index (κ1) is 13.0. The van der Waals surface area contributed by atoms with Gasteiger partial charge in [-0.2, -0.15) is 5.26 Å². The molecule has 4 nitrogen and oxygen atoms in total. The second kappa shape index (κ2) is 5.90. The van der Waals surface area contributed by atoms with Crippen LogP contribution in [0.3, 0.4) is 0 Å². The smallest absolute Gasteiger partial charge is 0.137 e. The van der Waals surface area contributed by atoms with E-state index < -0.39 is 0 Å². The molecule has 17 heavy (non-hydrogen) atoms. The van der Waals surface area contributed by atoms with Crippen molar-refractivity contribution in [2.75, 3.05) is 6.61 Å². The van der Waals surface area contributed by atoms with Gasteiger partial charge in [0.25, 0.3) is 0 Å². The molecule has 0 fully saturated rings. The van der Waals surface area contributed by atoms with Crippen molar-refractivity contribution in [3.63, 3.8) is 0 Å². The van der Waals surface area contributed by atoms with Crippen molar-refractivity contribution in [3.05, 3.63) is 29.3 Å². The van der Waals surface area contributed by atoms with Crippen LogP contribution in [0.1, 0.15) is 31.4 Å². The van der Waals surface area contributed by atoms with Crippen LogP contribution in [0, 0.1) is 22.7 Å². The molecule has 1 rings (SSSR count). The van der Waals surface area contributed by atoms with Crippen molar-refractivity contribution in [1.82, 2.24) is 0 Å². The fourth-order valence-electron chi connectivity index (χ4n) is 1.32. The van der Waals surface area contributed by atoms with Gasteiger partial charge < -0.3 is 10.5 Å². The Hall–Kier alpha value is -2.02. The summed E-state index contributed by atoms with van der Waals surface area (Å²) in [5.74, 6) is 1.07. The molecule has 0 unspecified atom stereocenters. The van der Waals surface area contributed by atoms with Gasteiger partial charge >= 0.3 is 0 Å². The lowest BCUT2D eigenvalue weighted by molar-refractivity contribution is 0.289. The third-order valence-corrected chi connectivity index (χ3v) is 2.36. The van der Waals surface area contributed by atoms with E-state index >= 15 is 0 Å². The standard InChI is InChI=1S/C13H17N3O/c1-9(2)5-6-17-12-4-3-10(13(15)16)7-11(12)8-14/h3-4,7,9H,5-6H2,1-2H3,(H3,15,16). The summed E-state index contributed by atoms with van der Waals surface area (Å²) >= 11 is 0. The first-order valence-corrected chi connectivity index (χ1v) is 5.56. The number of benzene rings is 1. The summed E-state index contributed by atoms with van der Waals surface area (Å²) < 4.78 is 5.54. The first-order valence-electron chi connectivity index (χ1n) is 5.56. The molecule has 0 saturated heterocycles. The van der Waals surface area contributed by atoms with Gasteiger partial charge in [-0.25, -0.2) is 0 Å². The molecule has 1 aromatic carbocycles. The molecule has 0 atom stereocenters. The lowest BCUT2D eigenvalue weighted by Crippen LogP contribution is -2.11. The maximum absolute atomic E-state index is 8.99. The van der Waals surface area contributed by atoms with E-state index in [1.807, 2.05) is 0 Å². The lowest BCUT2D eigenvalue weighted by atomic mass is 10.1. The highest BCUT2D eigenvalue weighted by molar-refractivity contribution is 5.95. The number of rotatable bonds is 5. The van der Waals surface area contributed by atoms with Crippen LogP contribution in [-0.4, -0.2) is 12.4 Å². The van der Waals surface area contributed by atoms with Crippen LogP contribution in [0.4, 0.5) is 0 Å². The Bertz CT molecular complexity index is 446. The fraction of sp³-hybridized carbons (Fsp3) is 0.385. The Labute approximate surface area is 102 Å². The zero-order valence-electron chi connectivity index (χ0n) is 10.2. The second-order valence-corrected chi connectivity index (χ2v) is 4.27. The first-order chi connectivity index (χ1) is 8.04. The molecule has 0 aliphatic rings. The van der Waals surface area contributed by atoms with Gasteiger partial charge in [-0.3, -0.25) is 5.41 Å². The number of nitrogen functional groups attached to an aromatic ring is 1. The van der Waals surface area contributed by atoms with Gasteiger partial charge in [0.05, 0.1) is 12.2 Å². The summed E-state index contributed by atoms with van der Waals surface area (Å²) in [6.07, 6.45) is 0.944. The van der Waals surface area contributed by atoms with Gasteiger partial charge in [-0.15, -0.1) is 0 Å². The highest BCUT2D eigenvalue weighted by Gasteiger charge is 2.06. The van der Waals surface area contributed by atoms with Crippen molar-refractivity contribution in [2.24, 2.45) is 11.7 Å². The minimum atomic E-state index is -0.0461. The monoisotopic (exact) mass is 231 g/mol. The number of hydrogen-bond acceptors (Lipinski definition) is 3. The van der Waals surface area contributed by atoms with E-state index in [1.165, 1.54) is 0 Å². The number of nitrogens with two attached hydrogens (primary N) is 1. The molecule has 0 spiro atoms. The van der Waals surface area contributed by atoms with E-state index in [0.717, 1.165) is 6.42 Å². The predicted molar refractivity (Wildman–Crippen MR) is 67.1 cm³/mol. The maximum Gasteiger partial charge on any atom is 0.137 e. The third-order valence-electron chi connectivity index (χ3n) is 2.36. The van der Waals surface area contributed by atoms with Crippen molar-refractivity contribution in [1.29, 1.82) is 10.7 Å². The zero-order valence-corrected chi connectivity index (χ0v) is 10.2. The molecule has 0 aromatic heterocycles. The molecular formula is C13H17N3O. The van der Waals surface area contributed by atoms with Crippen molar-refractivity contribution in [3.8, 4) is 11.8 Å². The van der Waals surface area contributed by atoms with Gasteiger partial charge in [0.2, 0.25) is 0 Å². The van der Waals surface area contributed by atoms with Gasteiger partial charge in [0.15, 0.2) is 0 Å². The summed E-state index contributed by atoms with van der Waals surface area (Å²) in [5.41, 5.74) is 6.32. The summed E-state index contributed by atoms with van der Waals surface area (Å²) in [7, 11) is 0. The van der Waals surface area contributed by atoms with Gasteiger partial charge in [0.1, 0.15) is 17.7 Å². The zero-order chi connectivity index (χ0) is 12.8. The molecule has 90 valence electrons. The summed E-state index contributed by atoms with van der Waals surface area (Å²) in [4.78, 5) is 0. The van der Waals surface area contributed by atoms with Crippen molar-refractivity contribution < 1.29 is 4.74 Å². The molecule has 0 radical (unpaired) electrons. The second-order valence-electron chi connectivity index (χ2n) is 4.27. The molecule has 0 bridgehead atoms. The van der Waals surface area contributed by atoms with Crippen LogP contribution in [0.25, 0.3) is 0 Å². The number of nitrogens with one attached hydrogen (secondary N) is 1. The SMILES string of the molecule is CC(C)CCOc1ccc(C(=N)N)cc1C#N. The van der Waals surface area contributed by atoms with E-state index in [2.05, 4.69) is 19.9 Å². The Balaban J connectivity index is 2.79. The lowest BCUT2D eigenvalue weighted by Gasteiger charge is -2.10. The quantitative estimate of drug-likeness (QED) is 0.602. The number of hydrogen-bond donors (Lipinski definition) is 2. The highest BCUT2D eigenvalue weighted by Crippen LogP contribution is 2.19. The summed E-state index contributed by atoms with van der Waals surface area (Å²) in [6, 6.07) is 7.01. The Morgan fingerprint density at radius 2 is 2.24 bits per heavy atom. The Kier molecular flexibility index (Phi) is 4.53. The largest absolute Gasteiger partial charge is 0.492 e. The molecule has 0 aliphatic heterocycles. The average Bonchev–Trinajstić information content (AvgIpc) is 2.28. The Morgan fingerprint density at radius 1 is 1.53 bits per heavy atom. The van der Waals surface area contributed by atoms with Crippen molar-refractivity contribution in [2.45, 2.75) is 20.3 Å². The van der Waals surface area contributed by atoms with Crippen LogP contribution in [0.15, 0.2) is 18.2 Å². The normalized spacial score (nSPS) is 10.0. The van der Waals surface area contributed by atoms with E-state index in [4.69, 9.17) is 21.1 Å². The highest BCUT2D eigenvalue weighted by atomic mass is 16.5. The van der Waals surface area contributed by atoms with Gasteiger partial charge in [0, 0.05) is 5.56 Å². The number of nitriles is 1. The molecule has 0 heterocycles. The molecule has 0 aliphatic carbocycles. The van der Waals surface area contributed by atoms with Crippen molar-refractivity contribution >= 4 is 5.84 Å². The van der Waals surface area contributed by atoms with Gasteiger partial charge in [-0.1, -0.05) is 13.8 Å². The summed E-state index contributed by atoms with van der Waals surface area (Å²) in [5, 5.41) is 16.3. The van der Waals surface area contributed by atoms with Crippen LogP contribution in [0.5, 0.6) is 5.75 Å². The Morgan fingerprint density at radius 3 is 2.76 bits per heavy atom. The van der Waals surface area contributed by atoms with E-state index in [9.17, 15) is 0 Å². The molecular weight excluding hydrogens is 214 g/mol. The molecule has 4 heteroatoms. The van der Waals surface area contributed by atoms with E-state index in [1.54, 1.807) is 18.2 Å². The maximum atomic E-state index is 8.99. The predicted octanol–water partition coefficient (Wildman–Crippen LogP) is 2.27. The fourth-order valence-corrected chi connectivity index (χ4v) is 1.32. The third kappa shape index (κ3) is 3.80. The molecule has 3 N–H and O–H groups in total. The topological polar surface area (TPSA) is 82.9 Å². The number of nitrogens with zero attached hydrogens (tertiary/aromatic N) is 1. The molecule has 0 amide bonds. The van der Waals surface area contributed by atoms with E-state index in [0.29, 0.717) is 29.4 Å². The molecule has 0 saturated carbocycles. The van der Waals surface area contributed by atoms with Crippen LogP contribution in [0.2, 0.25) is 0 Å². The number of ether oxygens (including phenoxy) is 1. The number of amidine groups is 1. The van der Waals surface area contributed by atoms with Crippen LogP contribution < -0.4 is 10.5 Å². The molecule has 1 aromatic rings. The summed E-state index contributed by atoms with van der Waals surface area (Å²) in [6.45, 7) is 4.83. The minimum absolute atomic E-state index is 0.0461. The minimum Gasteiger partial charge on any atom is -0.492 e. The van der Waals surface area contributed by atoms with E-state index in [-0.39, 0.29) is 5.84 Å². The van der Waals surface area contributed by atoms with Crippen LogP contribution >= 0.6 is 0 Å². The van der Waals surface area contributed by atoms with Gasteiger partial charge in [-0.05, 0) is 30.5 Å². The average molecular weight is 231 g/mol.